The van der Waals surface area contributed by atoms with Gasteiger partial charge in [0.2, 0.25) is 5.91 Å². The zero-order chi connectivity index (χ0) is 11.1. The van der Waals surface area contributed by atoms with Crippen molar-refractivity contribution >= 4 is 22.4 Å². The van der Waals surface area contributed by atoms with Gasteiger partial charge < -0.3 is 4.90 Å². The SMILES string of the molecule is CCN1C(=O)Cc2ccc3ccccc3c21. The van der Waals surface area contributed by atoms with Crippen LogP contribution in [0.5, 0.6) is 0 Å². The molecule has 1 aliphatic heterocycles. The van der Waals surface area contributed by atoms with Crippen molar-refractivity contribution in [2.24, 2.45) is 0 Å². The van der Waals surface area contributed by atoms with E-state index in [0.717, 1.165) is 17.8 Å². The van der Waals surface area contributed by atoms with Crippen molar-refractivity contribution in [2.75, 3.05) is 11.4 Å². The molecule has 0 radical (unpaired) electrons. The van der Waals surface area contributed by atoms with Crippen LogP contribution in [0.1, 0.15) is 12.5 Å². The molecule has 1 amide bonds. The van der Waals surface area contributed by atoms with Crippen molar-refractivity contribution in [3.8, 4) is 0 Å². The van der Waals surface area contributed by atoms with E-state index in [2.05, 4.69) is 24.3 Å². The fourth-order valence-corrected chi connectivity index (χ4v) is 2.48. The molecule has 0 bridgehead atoms. The molecule has 3 rings (SSSR count). The quantitative estimate of drug-likeness (QED) is 0.710. The molecule has 2 aromatic carbocycles. The van der Waals surface area contributed by atoms with Crippen LogP contribution in [0.25, 0.3) is 10.8 Å². The number of fused-ring (bicyclic) bond motifs is 3. The fraction of sp³-hybridized carbons (Fsp3) is 0.214. The third kappa shape index (κ3) is 1.16. The molecule has 2 nitrogen and oxygen atoms in total. The fourth-order valence-electron chi connectivity index (χ4n) is 2.48. The predicted molar refractivity (Wildman–Crippen MR) is 65.7 cm³/mol. The maximum Gasteiger partial charge on any atom is 0.231 e. The van der Waals surface area contributed by atoms with Crippen molar-refractivity contribution < 1.29 is 4.79 Å². The summed E-state index contributed by atoms with van der Waals surface area (Å²) in [5, 5.41) is 2.39. The highest BCUT2D eigenvalue weighted by Crippen LogP contribution is 2.35. The maximum absolute atomic E-state index is 11.8. The molecule has 0 saturated heterocycles. The molecule has 0 atom stereocenters. The minimum atomic E-state index is 0.217. The topological polar surface area (TPSA) is 20.3 Å². The average Bonchev–Trinajstić information content (AvgIpc) is 2.65. The molecule has 0 saturated carbocycles. The highest BCUT2D eigenvalue weighted by Gasteiger charge is 2.27. The molecule has 0 spiro atoms. The molecule has 2 heteroatoms. The van der Waals surface area contributed by atoms with Crippen LogP contribution in [-0.2, 0) is 11.2 Å². The van der Waals surface area contributed by atoms with E-state index in [-0.39, 0.29) is 5.91 Å². The minimum absolute atomic E-state index is 0.217. The van der Waals surface area contributed by atoms with Crippen LogP contribution in [0, 0.1) is 0 Å². The lowest BCUT2D eigenvalue weighted by atomic mass is 10.0. The number of benzene rings is 2. The first-order chi connectivity index (χ1) is 7.81. The molecule has 0 unspecified atom stereocenters. The number of anilines is 1. The smallest absolute Gasteiger partial charge is 0.231 e. The van der Waals surface area contributed by atoms with Gasteiger partial charge in [0.1, 0.15) is 0 Å². The standard InChI is InChI=1S/C14H13NO/c1-2-15-13(16)9-11-8-7-10-5-3-4-6-12(10)14(11)15/h3-8H,2,9H2,1H3. The van der Waals surface area contributed by atoms with Gasteiger partial charge >= 0.3 is 0 Å². The average molecular weight is 211 g/mol. The molecule has 1 aliphatic rings. The highest BCUT2D eigenvalue weighted by atomic mass is 16.2. The lowest BCUT2D eigenvalue weighted by Crippen LogP contribution is -2.26. The van der Waals surface area contributed by atoms with Crippen LogP contribution in [0.4, 0.5) is 5.69 Å². The monoisotopic (exact) mass is 211 g/mol. The number of carbonyl (C=O) groups is 1. The third-order valence-corrected chi connectivity index (χ3v) is 3.21. The molecule has 0 aromatic heterocycles. The van der Waals surface area contributed by atoms with Gasteiger partial charge in [-0.15, -0.1) is 0 Å². The summed E-state index contributed by atoms with van der Waals surface area (Å²) >= 11 is 0. The van der Waals surface area contributed by atoms with Gasteiger partial charge in [0.25, 0.3) is 0 Å². The van der Waals surface area contributed by atoms with Gasteiger partial charge in [-0.05, 0) is 17.9 Å². The Labute approximate surface area is 94.5 Å². The van der Waals surface area contributed by atoms with Crippen LogP contribution in [0.3, 0.4) is 0 Å². The summed E-state index contributed by atoms with van der Waals surface area (Å²) in [7, 11) is 0. The Morgan fingerprint density at radius 3 is 2.81 bits per heavy atom. The molecule has 0 N–H and O–H groups in total. The number of hydrogen-bond donors (Lipinski definition) is 0. The van der Waals surface area contributed by atoms with E-state index in [1.165, 1.54) is 10.8 Å². The maximum atomic E-state index is 11.8. The summed E-state index contributed by atoms with van der Waals surface area (Å²) in [6, 6.07) is 12.4. The number of carbonyl (C=O) groups excluding carboxylic acids is 1. The predicted octanol–water partition coefficient (Wildman–Crippen LogP) is 2.75. The van der Waals surface area contributed by atoms with E-state index in [0.29, 0.717) is 6.42 Å². The minimum Gasteiger partial charge on any atom is -0.311 e. The van der Waals surface area contributed by atoms with Crippen LogP contribution in [0.15, 0.2) is 36.4 Å². The van der Waals surface area contributed by atoms with Gasteiger partial charge in [-0.1, -0.05) is 36.4 Å². The van der Waals surface area contributed by atoms with E-state index in [1.807, 2.05) is 24.0 Å². The Kier molecular flexibility index (Phi) is 1.96. The summed E-state index contributed by atoms with van der Waals surface area (Å²) in [4.78, 5) is 13.7. The van der Waals surface area contributed by atoms with Gasteiger partial charge in [-0.25, -0.2) is 0 Å². The number of rotatable bonds is 1. The second kappa shape index (κ2) is 3.34. The number of hydrogen-bond acceptors (Lipinski definition) is 1. The summed E-state index contributed by atoms with van der Waals surface area (Å²) in [6.07, 6.45) is 0.550. The van der Waals surface area contributed by atoms with Crippen molar-refractivity contribution in [2.45, 2.75) is 13.3 Å². The number of likely N-dealkylation sites (N-methyl/N-ethyl adjacent to an activating group) is 1. The number of nitrogens with zero attached hydrogens (tertiary/aromatic N) is 1. The van der Waals surface area contributed by atoms with Gasteiger partial charge in [0.05, 0.1) is 12.1 Å². The van der Waals surface area contributed by atoms with E-state index >= 15 is 0 Å². The Bertz CT molecular complexity index is 574. The Balaban J connectivity index is 2.35. The summed E-state index contributed by atoms with van der Waals surface area (Å²) in [5.41, 5.74) is 2.27. The molecule has 0 aliphatic carbocycles. The van der Waals surface area contributed by atoms with E-state index in [1.54, 1.807) is 0 Å². The molecule has 16 heavy (non-hydrogen) atoms. The van der Waals surface area contributed by atoms with Crippen molar-refractivity contribution in [3.63, 3.8) is 0 Å². The zero-order valence-corrected chi connectivity index (χ0v) is 9.23. The van der Waals surface area contributed by atoms with Crippen LogP contribution < -0.4 is 4.90 Å². The normalized spacial score (nSPS) is 14.6. The highest BCUT2D eigenvalue weighted by molar-refractivity contribution is 6.10. The first kappa shape index (κ1) is 9.40. The van der Waals surface area contributed by atoms with Crippen molar-refractivity contribution in [1.29, 1.82) is 0 Å². The van der Waals surface area contributed by atoms with Gasteiger partial charge in [-0.3, -0.25) is 4.79 Å². The van der Waals surface area contributed by atoms with Crippen LogP contribution in [-0.4, -0.2) is 12.5 Å². The first-order valence-electron chi connectivity index (χ1n) is 5.62. The summed E-state index contributed by atoms with van der Waals surface area (Å²) in [5.74, 6) is 0.217. The van der Waals surface area contributed by atoms with Gasteiger partial charge in [0.15, 0.2) is 0 Å². The third-order valence-electron chi connectivity index (χ3n) is 3.21. The second-order valence-corrected chi connectivity index (χ2v) is 4.11. The summed E-state index contributed by atoms with van der Waals surface area (Å²) < 4.78 is 0. The van der Waals surface area contributed by atoms with Crippen LogP contribution >= 0.6 is 0 Å². The van der Waals surface area contributed by atoms with E-state index < -0.39 is 0 Å². The first-order valence-corrected chi connectivity index (χ1v) is 5.62. The summed E-state index contributed by atoms with van der Waals surface area (Å²) in [6.45, 7) is 2.77. The molecular weight excluding hydrogens is 198 g/mol. The lowest BCUT2D eigenvalue weighted by Gasteiger charge is -2.16. The largest absolute Gasteiger partial charge is 0.311 e. The Morgan fingerprint density at radius 1 is 1.19 bits per heavy atom. The Hall–Kier alpha value is -1.83. The Morgan fingerprint density at radius 2 is 2.00 bits per heavy atom. The second-order valence-electron chi connectivity index (χ2n) is 4.11. The van der Waals surface area contributed by atoms with Crippen molar-refractivity contribution in [3.05, 3.63) is 42.0 Å². The molecule has 2 aromatic rings. The van der Waals surface area contributed by atoms with Crippen LogP contribution in [0.2, 0.25) is 0 Å². The van der Waals surface area contributed by atoms with E-state index in [9.17, 15) is 4.79 Å². The molecule has 80 valence electrons. The molecule has 1 heterocycles. The van der Waals surface area contributed by atoms with Crippen molar-refractivity contribution in [1.82, 2.24) is 0 Å². The molecule has 0 fully saturated rings. The lowest BCUT2D eigenvalue weighted by molar-refractivity contribution is -0.117. The zero-order valence-electron chi connectivity index (χ0n) is 9.23. The van der Waals surface area contributed by atoms with Gasteiger partial charge in [0, 0.05) is 11.9 Å². The van der Waals surface area contributed by atoms with E-state index in [4.69, 9.17) is 0 Å². The number of amides is 1. The van der Waals surface area contributed by atoms with Gasteiger partial charge in [-0.2, -0.15) is 0 Å². The molecular formula is C14H13NO.